The molecule has 1 atom stereocenters. The Morgan fingerprint density at radius 3 is 1.86 bits per heavy atom. The second-order valence-corrected chi connectivity index (χ2v) is 9.79. The monoisotopic (exact) mass is 599 g/mol. The Hall–Kier alpha value is -2.25. The van der Waals surface area contributed by atoms with Crippen LogP contribution in [0.15, 0.2) is 6.20 Å². The third-order valence-electron chi connectivity index (χ3n) is 6.34. The minimum absolute atomic E-state index is 0.156. The third kappa shape index (κ3) is 18.3. The summed E-state index contributed by atoms with van der Waals surface area (Å²) in [6.45, 7) is 19.0. The molecule has 12 nitrogen and oxygen atoms in total. The summed E-state index contributed by atoms with van der Waals surface area (Å²) in [7, 11) is 2.20. The van der Waals surface area contributed by atoms with Gasteiger partial charge in [0, 0.05) is 18.8 Å². The Balaban J connectivity index is 0.00000118. The number of piperidine rings is 1. The molecule has 12 heteroatoms. The zero-order chi connectivity index (χ0) is 31.6. The van der Waals surface area contributed by atoms with Gasteiger partial charge in [0.1, 0.15) is 12.0 Å². The van der Waals surface area contributed by atoms with Gasteiger partial charge in [0.05, 0.1) is 72.1 Å². The molecule has 2 fully saturated rings. The topological polar surface area (TPSA) is 125 Å². The number of imide groups is 1. The van der Waals surface area contributed by atoms with Gasteiger partial charge >= 0.3 is 0 Å². The van der Waals surface area contributed by atoms with Gasteiger partial charge in [-0.15, -0.1) is 5.10 Å². The van der Waals surface area contributed by atoms with Crippen LogP contribution >= 0.6 is 0 Å². The van der Waals surface area contributed by atoms with Crippen LogP contribution in [0.3, 0.4) is 0 Å². The van der Waals surface area contributed by atoms with Crippen LogP contribution in [0.2, 0.25) is 0 Å². The highest BCUT2D eigenvalue weighted by Crippen LogP contribution is 2.20. The smallest absolute Gasteiger partial charge is 0.232 e. The number of aromatic nitrogens is 3. The van der Waals surface area contributed by atoms with Crippen molar-refractivity contribution in [2.45, 2.75) is 80.3 Å². The molecule has 0 radical (unpaired) electrons. The predicted molar refractivity (Wildman–Crippen MR) is 162 cm³/mol. The van der Waals surface area contributed by atoms with Gasteiger partial charge < -0.3 is 28.6 Å². The van der Waals surface area contributed by atoms with E-state index in [4.69, 9.17) is 18.9 Å². The first-order valence-corrected chi connectivity index (χ1v) is 15.6. The van der Waals surface area contributed by atoms with Crippen LogP contribution in [-0.2, 0) is 46.4 Å². The van der Waals surface area contributed by atoms with Gasteiger partial charge in [-0.1, -0.05) is 46.8 Å². The van der Waals surface area contributed by atoms with Crippen molar-refractivity contribution in [3.05, 3.63) is 11.9 Å². The summed E-state index contributed by atoms with van der Waals surface area (Å²) >= 11 is 0. The maximum Gasteiger partial charge on any atom is 0.232 e. The minimum Gasteiger partial charge on any atom is -0.379 e. The van der Waals surface area contributed by atoms with E-state index in [1.807, 2.05) is 27.7 Å². The molecule has 2 aliphatic rings. The van der Waals surface area contributed by atoms with Gasteiger partial charge in [0.15, 0.2) is 0 Å². The van der Waals surface area contributed by atoms with Gasteiger partial charge in [-0.25, -0.2) is 4.68 Å². The summed E-state index contributed by atoms with van der Waals surface area (Å²) in [5.74, 6) is 0.388. The molecule has 1 unspecified atom stereocenters. The lowest BCUT2D eigenvalue weighted by Crippen LogP contribution is -2.29. The number of aldehydes is 1. The Bertz CT molecular complexity index is 806. The van der Waals surface area contributed by atoms with Crippen molar-refractivity contribution in [1.82, 2.24) is 24.8 Å². The molecule has 2 amide bonds. The van der Waals surface area contributed by atoms with Crippen molar-refractivity contribution in [1.29, 1.82) is 0 Å². The molecule has 1 aromatic heterocycles. The molecule has 0 aromatic carbocycles. The fraction of sp³-hybridized carbons (Fsp3) is 0.833. The molecule has 244 valence electrons. The van der Waals surface area contributed by atoms with Gasteiger partial charge in [-0.2, -0.15) is 0 Å². The van der Waals surface area contributed by atoms with E-state index in [9.17, 15) is 14.4 Å². The highest BCUT2D eigenvalue weighted by atomic mass is 16.6. The fourth-order valence-electron chi connectivity index (χ4n) is 3.89. The number of carbonyl (C=O) groups is 3. The average Bonchev–Trinajstić information content (AvgIpc) is 3.56. The summed E-state index contributed by atoms with van der Waals surface area (Å²) in [6.07, 6.45) is 5.99. The highest BCUT2D eigenvalue weighted by Gasteiger charge is 2.35. The van der Waals surface area contributed by atoms with Crippen LogP contribution in [0.1, 0.15) is 72.9 Å². The van der Waals surface area contributed by atoms with Crippen LogP contribution in [0.5, 0.6) is 0 Å². The van der Waals surface area contributed by atoms with E-state index in [1.165, 1.54) is 30.8 Å². The van der Waals surface area contributed by atoms with Crippen LogP contribution in [0.25, 0.3) is 0 Å². The largest absolute Gasteiger partial charge is 0.379 e. The second kappa shape index (κ2) is 26.4. The molecule has 42 heavy (non-hydrogen) atoms. The quantitative estimate of drug-likeness (QED) is 0.150. The summed E-state index contributed by atoms with van der Waals surface area (Å²) in [5.41, 5.74) is 0.572. The van der Waals surface area contributed by atoms with Crippen molar-refractivity contribution < 1.29 is 33.3 Å². The van der Waals surface area contributed by atoms with Crippen molar-refractivity contribution in [3.8, 4) is 0 Å². The van der Waals surface area contributed by atoms with E-state index in [0.29, 0.717) is 71.5 Å². The van der Waals surface area contributed by atoms with Crippen molar-refractivity contribution in [2.24, 2.45) is 11.8 Å². The molecule has 0 bridgehead atoms. The number of likely N-dealkylation sites (tertiary alicyclic amines) is 2. The van der Waals surface area contributed by atoms with E-state index in [1.54, 1.807) is 17.8 Å². The molecule has 1 aromatic rings. The number of carbonyl (C=O) groups excluding carboxylic acids is 3. The highest BCUT2D eigenvalue weighted by molar-refractivity contribution is 6.03. The van der Waals surface area contributed by atoms with Gasteiger partial charge in [-0.3, -0.25) is 14.5 Å². The molecular weight excluding hydrogens is 542 g/mol. The van der Waals surface area contributed by atoms with Crippen LogP contribution in [0, 0.1) is 11.8 Å². The third-order valence-corrected chi connectivity index (χ3v) is 6.34. The second-order valence-electron chi connectivity index (χ2n) is 9.79. The maximum absolute atomic E-state index is 11.9. The molecule has 3 heterocycles. The van der Waals surface area contributed by atoms with Gasteiger partial charge in [0.2, 0.25) is 11.8 Å². The SMILES string of the molecule is CC.CC.CC1CC(=O)N(Cc2cn(CCOCCOCCOCCOCCC=O)nn2)C1=O.CC1CCN(C)CC1. The predicted octanol–water partition coefficient (Wildman–Crippen LogP) is 3.23. The molecule has 0 N–H and O–H groups in total. The normalized spacial score (nSPS) is 17.1. The van der Waals surface area contributed by atoms with Crippen molar-refractivity contribution in [3.63, 3.8) is 0 Å². The lowest BCUT2D eigenvalue weighted by atomic mass is 10.00. The zero-order valence-corrected chi connectivity index (χ0v) is 27.2. The molecule has 0 aliphatic carbocycles. The number of hydrogen-bond acceptors (Lipinski definition) is 10. The summed E-state index contributed by atoms with van der Waals surface area (Å²) in [5, 5.41) is 8.00. The molecule has 2 aliphatic heterocycles. The number of rotatable bonds is 17. The number of ether oxygens (including phenoxy) is 4. The molecule has 3 rings (SSSR count). The Morgan fingerprint density at radius 2 is 1.38 bits per heavy atom. The van der Waals surface area contributed by atoms with Crippen molar-refractivity contribution >= 4 is 18.1 Å². The molecule has 0 saturated carbocycles. The molecule has 2 saturated heterocycles. The van der Waals surface area contributed by atoms with Crippen molar-refractivity contribution in [2.75, 3.05) is 73.0 Å². The minimum atomic E-state index is -0.261. The standard InChI is InChI=1S/C19H30N4O7.C7H15N.2C2H6/c1-16-13-18(25)23(19(16)26)15-17-14-22(21-20-17)3-6-28-8-10-30-12-11-29-9-7-27-5-2-4-24;1-7-3-5-8(2)6-4-7;2*1-2/h4,14,16H,2-3,5-13,15H2,1H3;7H,3-6H2,1-2H3;2*1-2H3. The van der Waals surface area contributed by atoms with Gasteiger partial charge in [-0.05, 0) is 38.9 Å². The van der Waals surface area contributed by atoms with Crippen LogP contribution < -0.4 is 0 Å². The lowest BCUT2D eigenvalue weighted by molar-refractivity contribution is -0.140. The maximum atomic E-state index is 11.9. The Kier molecular flexibility index (Phi) is 25.0. The van der Waals surface area contributed by atoms with E-state index in [-0.39, 0.29) is 30.7 Å². The Labute approximate surface area is 253 Å². The zero-order valence-electron chi connectivity index (χ0n) is 27.2. The van der Waals surface area contributed by atoms with E-state index < -0.39 is 0 Å². The first-order valence-electron chi connectivity index (χ1n) is 15.6. The van der Waals surface area contributed by atoms with E-state index >= 15 is 0 Å². The summed E-state index contributed by atoms with van der Waals surface area (Å²) in [6, 6.07) is 0. The number of nitrogens with zero attached hydrogens (tertiary/aromatic N) is 5. The lowest BCUT2D eigenvalue weighted by Gasteiger charge is -2.26. The van der Waals surface area contributed by atoms with E-state index in [0.717, 1.165) is 12.2 Å². The molecule has 0 spiro atoms. The first-order chi connectivity index (χ1) is 20.4. The fourth-order valence-corrected chi connectivity index (χ4v) is 3.89. The number of amides is 2. The Morgan fingerprint density at radius 1 is 0.857 bits per heavy atom. The molecular formula is C30H57N5O7. The summed E-state index contributed by atoms with van der Waals surface area (Å²) < 4.78 is 23.0. The van der Waals surface area contributed by atoms with Gasteiger partial charge in [0.25, 0.3) is 0 Å². The van der Waals surface area contributed by atoms with Crippen LogP contribution in [-0.4, -0.2) is 116 Å². The average molecular weight is 600 g/mol. The van der Waals surface area contributed by atoms with E-state index in [2.05, 4.69) is 29.2 Å². The van der Waals surface area contributed by atoms with Crippen LogP contribution in [0.4, 0.5) is 0 Å². The summed E-state index contributed by atoms with van der Waals surface area (Å²) in [4.78, 5) is 37.5. The number of hydrogen-bond donors (Lipinski definition) is 0. The first kappa shape index (κ1) is 39.8.